The molecule has 1 heterocycles. The van der Waals surface area contributed by atoms with Crippen molar-refractivity contribution >= 4 is 17.8 Å². The van der Waals surface area contributed by atoms with Crippen LogP contribution in [0.1, 0.15) is 45.4 Å². The molecule has 1 rings (SSSR count). The molecule has 0 aromatic carbocycles. The third-order valence-electron chi connectivity index (χ3n) is 3.35. The largest absolute Gasteiger partial charge is 0.464 e. The van der Waals surface area contributed by atoms with Crippen LogP contribution < -0.4 is 10.6 Å². The lowest BCUT2D eigenvalue weighted by Crippen LogP contribution is -2.51. The minimum absolute atomic E-state index is 0.119. The number of esters is 1. The minimum atomic E-state index is -0.699. The molecular formula is C15H24N2O4. The number of amides is 2. The van der Waals surface area contributed by atoms with E-state index in [9.17, 15) is 14.4 Å². The Hall–Kier alpha value is -1.85. The molecule has 0 aromatic heterocycles. The molecule has 0 aliphatic carbocycles. The summed E-state index contributed by atoms with van der Waals surface area (Å²) in [4.78, 5) is 35.6. The summed E-state index contributed by atoms with van der Waals surface area (Å²) >= 11 is 0. The Morgan fingerprint density at radius 2 is 2.29 bits per heavy atom. The summed E-state index contributed by atoms with van der Waals surface area (Å²) in [7, 11) is 0. The number of nitrogens with one attached hydrogen (secondary N) is 2. The first-order valence-corrected chi connectivity index (χ1v) is 7.45. The molecule has 0 bridgehead atoms. The second-order valence-corrected chi connectivity index (χ2v) is 5.05. The van der Waals surface area contributed by atoms with Crippen LogP contribution in [0.5, 0.6) is 0 Å². The van der Waals surface area contributed by atoms with Gasteiger partial charge in [-0.2, -0.15) is 0 Å². The van der Waals surface area contributed by atoms with Crippen LogP contribution in [0.15, 0.2) is 12.7 Å². The van der Waals surface area contributed by atoms with E-state index in [2.05, 4.69) is 17.2 Å². The van der Waals surface area contributed by atoms with Crippen molar-refractivity contribution in [3.63, 3.8) is 0 Å². The summed E-state index contributed by atoms with van der Waals surface area (Å²) in [6, 6.07) is -1.27. The van der Waals surface area contributed by atoms with E-state index in [0.29, 0.717) is 25.7 Å². The maximum Gasteiger partial charge on any atom is 0.328 e. The molecule has 1 fully saturated rings. The highest BCUT2D eigenvalue weighted by molar-refractivity contribution is 5.90. The fraction of sp³-hybridized carbons (Fsp3) is 0.667. The molecule has 0 radical (unpaired) electrons. The molecular weight excluding hydrogens is 272 g/mol. The zero-order valence-electron chi connectivity index (χ0n) is 12.5. The predicted octanol–water partition coefficient (Wildman–Crippen LogP) is 1.06. The van der Waals surface area contributed by atoms with Gasteiger partial charge in [0.25, 0.3) is 0 Å². The number of allylic oxidation sites excluding steroid dienone is 1. The van der Waals surface area contributed by atoms with Gasteiger partial charge >= 0.3 is 5.97 Å². The van der Waals surface area contributed by atoms with Gasteiger partial charge in [-0.05, 0) is 32.6 Å². The second kappa shape index (κ2) is 9.15. The van der Waals surface area contributed by atoms with Crippen LogP contribution in [0.25, 0.3) is 0 Å². The van der Waals surface area contributed by atoms with Crippen molar-refractivity contribution in [1.29, 1.82) is 0 Å². The zero-order valence-corrected chi connectivity index (χ0v) is 12.5. The fourth-order valence-electron chi connectivity index (χ4n) is 2.22. The molecule has 2 amide bonds. The van der Waals surface area contributed by atoms with E-state index in [1.54, 1.807) is 13.0 Å². The normalized spacial score (nSPS) is 19.9. The highest BCUT2D eigenvalue weighted by atomic mass is 16.5. The Balaban J connectivity index is 2.62. The summed E-state index contributed by atoms with van der Waals surface area (Å²) in [6.07, 6.45) is 5.36. The highest BCUT2D eigenvalue weighted by Gasteiger charge is 2.27. The van der Waals surface area contributed by atoms with Gasteiger partial charge in [-0.3, -0.25) is 9.59 Å². The number of hydrogen-bond acceptors (Lipinski definition) is 4. The summed E-state index contributed by atoms with van der Waals surface area (Å²) in [5, 5.41) is 5.37. The first-order chi connectivity index (χ1) is 10.1. The van der Waals surface area contributed by atoms with Crippen molar-refractivity contribution in [2.24, 2.45) is 0 Å². The molecule has 21 heavy (non-hydrogen) atoms. The van der Waals surface area contributed by atoms with E-state index >= 15 is 0 Å². The standard InChI is InChI=1S/C15H24N2O4/c1-3-5-8-12(15(20)21-4-2)17-14(19)11-9-6-7-10-13(18)16-11/h3,11-12H,1,4-10H2,2H3,(H,16,18)(H,17,19). The summed E-state index contributed by atoms with van der Waals surface area (Å²) < 4.78 is 4.96. The van der Waals surface area contributed by atoms with Gasteiger partial charge in [0.05, 0.1) is 6.61 Å². The molecule has 2 unspecified atom stereocenters. The number of ether oxygens (including phenoxy) is 1. The fourth-order valence-corrected chi connectivity index (χ4v) is 2.22. The molecule has 1 saturated heterocycles. The summed E-state index contributed by atoms with van der Waals surface area (Å²) in [5.74, 6) is -0.897. The Morgan fingerprint density at radius 3 is 2.95 bits per heavy atom. The van der Waals surface area contributed by atoms with E-state index in [0.717, 1.165) is 12.8 Å². The number of rotatable bonds is 7. The Bertz CT molecular complexity index is 395. The smallest absolute Gasteiger partial charge is 0.328 e. The third kappa shape index (κ3) is 5.97. The molecule has 1 aliphatic rings. The lowest BCUT2D eigenvalue weighted by Gasteiger charge is -2.21. The molecule has 6 heteroatoms. The average molecular weight is 296 g/mol. The van der Waals surface area contributed by atoms with E-state index in [4.69, 9.17) is 4.74 Å². The Morgan fingerprint density at radius 1 is 1.52 bits per heavy atom. The lowest BCUT2D eigenvalue weighted by molar-refractivity contribution is -0.147. The number of hydrogen-bond donors (Lipinski definition) is 2. The number of carbonyl (C=O) groups excluding carboxylic acids is 3. The molecule has 2 atom stereocenters. The van der Waals surface area contributed by atoms with Crippen LogP contribution in [-0.2, 0) is 19.1 Å². The molecule has 0 saturated carbocycles. The SMILES string of the molecule is C=CCCC(NC(=O)C1CCCCC(=O)N1)C(=O)OCC. The van der Waals surface area contributed by atoms with E-state index < -0.39 is 18.1 Å². The Labute approximate surface area is 125 Å². The first-order valence-electron chi connectivity index (χ1n) is 7.45. The van der Waals surface area contributed by atoms with Crippen molar-refractivity contribution in [3.8, 4) is 0 Å². The van der Waals surface area contributed by atoms with Crippen LogP contribution in [0.4, 0.5) is 0 Å². The molecule has 118 valence electrons. The van der Waals surface area contributed by atoms with Crippen molar-refractivity contribution in [2.45, 2.75) is 57.5 Å². The van der Waals surface area contributed by atoms with Crippen LogP contribution in [0, 0.1) is 0 Å². The third-order valence-corrected chi connectivity index (χ3v) is 3.35. The first kappa shape index (κ1) is 17.2. The quantitative estimate of drug-likeness (QED) is 0.543. The van der Waals surface area contributed by atoms with E-state index in [1.807, 2.05) is 0 Å². The predicted molar refractivity (Wildman–Crippen MR) is 78.4 cm³/mol. The molecule has 1 aliphatic heterocycles. The second-order valence-electron chi connectivity index (χ2n) is 5.05. The highest BCUT2D eigenvalue weighted by Crippen LogP contribution is 2.10. The number of carbonyl (C=O) groups is 3. The maximum atomic E-state index is 12.2. The van der Waals surface area contributed by atoms with Gasteiger partial charge in [-0.15, -0.1) is 6.58 Å². The van der Waals surface area contributed by atoms with Crippen molar-refractivity contribution in [1.82, 2.24) is 10.6 Å². The average Bonchev–Trinajstić information content (AvgIpc) is 2.68. The zero-order chi connectivity index (χ0) is 15.7. The minimum Gasteiger partial charge on any atom is -0.464 e. The van der Waals surface area contributed by atoms with Crippen LogP contribution in [-0.4, -0.2) is 36.5 Å². The van der Waals surface area contributed by atoms with Gasteiger partial charge in [-0.1, -0.05) is 12.5 Å². The van der Waals surface area contributed by atoms with Gasteiger partial charge in [0.1, 0.15) is 12.1 Å². The van der Waals surface area contributed by atoms with Crippen molar-refractivity contribution in [3.05, 3.63) is 12.7 Å². The molecule has 2 N–H and O–H groups in total. The van der Waals surface area contributed by atoms with Gasteiger partial charge in [-0.25, -0.2) is 4.79 Å². The van der Waals surface area contributed by atoms with Crippen LogP contribution in [0.3, 0.4) is 0 Å². The summed E-state index contributed by atoms with van der Waals surface area (Å²) in [6.45, 7) is 5.59. The van der Waals surface area contributed by atoms with Gasteiger partial charge in [0, 0.05) is 6.42 Å². The van der Waals surface area contributed by atoms with Gasteiger partial charge < -0.3 is 15.4 Å². The maximum absolute atomic E-state index is 12.2. The van der Waals surface area contributed by atoms with Crippen LogP contribution >= 0.6 is 0 Å². The molecule has 0 aromatic rings. The lowest BCUT2D eigenvalue weighted by atomic mass is 10.1. The summed E-state index contributed by atoms with van der Waals surface area (Å²) in [5.41, 5.74) is 0. The van der Waals surface area contributed by atoms with Crippen molar-refractivity contribution in [2.75, 3.05) is 6.61 Å². The van der Waals surface area contributed by atoms with E-state index in [1.165, 1.54) is 0 Å². The molecule has 0 spiro atoms. The van der Waals surface area contributed by atoms with Gasteiger partial charge in [0.2, 0.25) is 11.8 Å². The molecule has 6 nitrogen and oxygen atoms in total. The topological polar surface area (TPSA) is 84.5 Å². The Kier molecular flexibility index (Phi) is 7.50. The van der Waals surface area contributed by atoms with E-state index in [-0.39, 0.29) is 18.4 Å². The van der Waals surface area contributed by atoms with Gasteiger partial charge in [0.15, 0.2) is 0 Å². The monoisotopic (exact) mass is 296 g/mol. The van der Waals surface area contributed by atoms with Crippen molar-refractivity contribution < 1.29 is 19.1 Å². The van der Waals surface area contributed by atoms with Crippen LogP contribution in [0.2, 0.25) is 0 Å².